The molecule has 0 saturated carbocycles. The average Bonchev–Trinajstić information content (AvgIpc) is 3.16. The number of amides is 1. The number of benzene rings is 1. The van der Waals surface area contributed by atoms with Crippen LogP contribution in [0.2, 0.25) is 0 Å². The first-order valence-corrected chi connectivity index (χ1v) is 11.0. The molecule has 1 heterocycles. The van der Waals surface area contributed by atoms with Crippen LogP contribution in [-0.2, 0) is 17.6 Å². The summed E-state index contributed by atoms with van der Waals surface area (Å²) >= 11 is 1.71. The lowest BCUT2D eigenvalue weighted by atomic mass is 9.95. The van der Waals surface area contributed by atoms with Crippen LogP contribution in [0.4, 0.5) is 5.00 Å². The van der Waals surface area contributed by atoms with Gasteiger partial charge in [-0.25, -0.2) is 0 Å². The third-order valence-corrected chi connectivity index (χ3v) is 5.50. The van der Waals surface area contributed by atoms with Gasteiger partial charge in [-0.05, 0) is 44.6 Å². The molecule has 5 nitrogen and oxygen atoms in total. The predicted octanol–water partition coefficient (Wildman–Crippen LogP) is 4.62. The van der Waals surface area contributed by atoms with Crippen LogP contribution in [0.15, 0.2) is 30.3 Å². The maximum absolute atomic E-state index is 12.2. The van der Waals surface area contributed by atoms with Crippen LogP contribution >= 0.6 is 11.3 Å². The molecule has 1 amide bonds. The molecule has 29 heavy (non-hydrogen) atoms. The van der Waals surface area contributed by atoms with Crippen LogP contribution in [0, 0.1) is 6.92 Å². The number of nitrogens with one attached hydrogen (secondary N) is 2. The van der Waals surface area contributed by atoms with Gasteiger partial charge in [-0.3, -0.25) is 4.79 Å². The van der Waals surface area contributed by atoms with Gasteiger partial charge in [-0.15, -0.1) is 11.3 Å². The molecule has 0 unspecified atom stereocenters. The minimum atomic E-state index is -0.00722. The van der Waals surface area contributed by atoms with Crippen LogP contribution in [0.25, 0.3) is 0 Å². The summed E-state index contributed by atoms with van der Waals surface area (Å²) in [5, 5.41) is 15.7. The van der Waals surface area contributed by atoms with E-state index in [1.807, 2.05) is 45.9 Å². The highest BCUT2D eigenvalue weighted by molar-refractivity contribution is 7.16. The molecule has 0 radical (unpaired) electrons. The molecule has 3 N–H and O–H groups in total. The molecule has 6 heteroatoms. The van der Waals surface area contributed by atoms with E-state index in [0.29, 0.717) is 13.0 Å². The topological polar surface area (TPSA) is 78.4 Å². The third-order valence-electron chi connectivity index (χ3n) is 4.19. The van der Waals surface area contributed by atoms with Crippen molar-refractivity contribution in [2.75, 3.05) is 25.5 Å². The Labute approximate surface area is 179 Å². The lowest BCUT2D eigenvalue weighted by Crippen LogP contribution is -2.26. The van der Waals surface area contributed by atoms with Crippen molar-refractivity contribution < 1.29 is 14.7 Å². The number of aryl methyl sites for hydroxylation is 2. The number of aliphatic hydroxyl groups excluding tert-OH is 1. The highest BCUT2D eigenvalue weighted by Crippen LogP contribution is 2.37. The van der Waals surface area contributed by atoms with E-state index >= 15 is 0 Å². The molecule has 0 saturated heterocycles. The number of aliphatic hydroxyl groups is 1. The Hall–Kier alpha value is -2.18. The van der Waals surface area contributed by atoms with Crippen molar-refractivity contribution in [1.29, 1.82) is 0 Å². The predicted molar refractivity (Wildman–Crippen MR) is 124 cm³/mol. The van der Waals surface area contributed by atoms with Crippen LogP contribution < -0.4 is 10.6 Å². The van der Waals surface area contributed by atoms with Gasteiger partial charge in [-0.1, -0.05) is 49.7 Å². The van der Waals surface area contributed by atoms with Crippen molar-refractivity contribution in [2.45, 2.75) is 52.9 Å². The van der Waals surface area contributed by atoms with E-state index in [9.17, 15) is 4.79 Å². The van der Waals surface area contributed by atoms with E-state index in [4.69, 9.17) is 9.90 Å². The summed E-state index contributed by atoms with van der Waals surface area (Å²) < 4.78 is 0. The van der Waals surface area contributed by atoms with E-state index in [2.05, 4.69) is 29.7 Å². The molecule has 1 aromatic carbocycles. The maximum Gasteiger partial charge on any atom is 0.254 e. The van der Waals surface area contributed by atoms with Crippen molar-refractivity contribution in [3.8, 4) is 0 Å². The smallest absolute Gasteiger partial charge is 0.254 e. The number of hydrogen-bond donors (Lipinski definition) is 3. The fourth-order valence-corrected chi connectivity index (χ4v) is 4.13. The van der Waals surface area contributed by atoms with E-state index in [0.717, 1.165) is 23.4 Å². The summed E-state index contributed by atoms with van der Waals surface area (Å²) in [6.07, 6.45) is 5.11. The molecule has 0 fully saturated rings. The zero-order valence-corrected chi connectivity index (χ0v) is 19.0. The number of fused-ring (bicyclic) bond motifs is 1. The lowest BCUT2D eigenvalue weighted by Gasteiger charge is -2.12. The molecule has 2 aromatic rings. The zero-order chi connectivity index (χ0) is 22.1. The van der Waals surface area contributed by atoms with E-state index in [1.54, 1.807) is 11.3 Å². The summed E-state index contributed by atoms with van der Waals surface area (Å²) in [7, 11) is 1.86. The van der Waals surface area contributed by atoms with Gasteiger partial charge >= 0.3 is 0 Å². The Balaban J connectivity index is 0.000000593. The maximum atomic E-state index is 12.2. The van der Waals surface area contributed by atoms with Gasteiger partial charge in [0.1, 0.15) is 11.8 Å². The third kappa shape index (κ3) is 9.24. The molecule has 162 valence electrons. The summed E-state index contributed by atoms with van der Waals surface area (Å²) in [5.41, 5.74) is 3.38. The lowest BCUT2D eigenvalue weighted by molar-refractivity contribution is -0.0980. The second-order valence-corrected chi connectivity index (χ2v) is 7.26. The molecule has 3 rings (SSSR count). The first-order chi connectivity index (χ1) is 14.2. The van der Waals surface area contributed by atoms with E-state index in [1.165, 1.54) is 28.8 Å². The monoisotopic (exact) mass is 420 g/mol. The van der Waals surface area contributed by atoms with Gasteiger partial charge < -0.3 is 20.5 Å². The fourth-order valence-electron chi connectivity index (χ4n) is 2.89. The van der Waals surface area contributed by atoms with Gasteiger partial charge in [0.15, 0.2) is 0 Å². The minimum absolute atomic E-state index is 0.00722. The number of carbonyl (C=O) groups is 2. The summed E-state index contributed by atoms with van der Waals surface area (Å²) in [5.74, 6) is -0.00722. The quantitative estimate of drug-likeness (QED) is 0.617. The number of hydrogen-bond acceptors (Lipinski definition) is 5. The van der Waals surface area contributed by atoms with Crippen LogP contribution in [0.1, 0.15) is 59.5 Å². The van der Waals surface area contributed by atoms with Gasteiger partial charge in [-0.2, -0.15) is 0 Å². The summed E-state index contributed by atoms with van der Waals surface area (Å²) in [6, 6.07) is 10.3. The normalized spacial score (nSPS) is 11.2. The SMILES string of the molecule is C=O.CC.CNc1sc2c(c1C(=O)NCCCO)CCCC2.Cc1ccccc1. The molecule has 1 aliphatic rings. The Morgan fingerprint density at radius 2 is 1.76 bits per heavy atom. The molecule has 0 bridgehead atoms. The highest BCUT2D eigenvalue weighted by atomic mass is 32.1. The van der Waals surface area contributed by atoms with Crippen molar-refractivity contribution in [3.63, 3.8) is 0 Å². The molecule has 1 aromatic heterocycles. The number of carbonyl (C=O) groups excluding carboxylic acids is 2. The van der Waals surface area contributed by atoms with Gasteiger partial charge in [0.05, 0.1) is 5.56 Å². The van der Waals surface area contributed by atoms with Crippen LogP contribution in [0.5, 0.6) is 0 Å². The second-order valence-electron chi connectivity index (χ2n) is 6.15. The van der Waals surface area contributed by atoms with E-state index in [-0.39, 0.29) is 12.5 Å². The highest BCUT2D eigenvalue weighted by Gasteiger charge is 2.24. The number of anilines is 1. The molecule has 0 spiro atoms. The minimum Gasteiger partial charge on any atom is -0.396 e. The first-order valence-electron chi connectivity index (χ1n) is 10.2. The largest absolute Gasteiger partial charge is 0.396 e. The van der Waals surface area contributed by atoms with Crippen molar-refractivity contribution in [1.82, 2.24) is 5.32 Å². The van der Waals surface area contributed by atoms with Crippen molar-refractivity contribution in [2.24, 2.45) is 0 Å². The second kappa shape index (κ2) is 16.7. The zero-order valence-electron chi connectivity index (χ0n) is 18.2. The first kappa shape index (κ1) is 26.8. The van der Waals surface area contributed by atoms with E-state index < -0.39 is 0 Å². The summed E-state index contributed by atoms with van der Waals surface area (Å²) in [4.78, 5) is 21.6. The van der Waals surface area contributed by atoms with Gasteiger partial charge in [0, 0.05) is 25.1 Å². The number of thiophene rings is 1. The number of rotatable bonds is 5. The molecular formula is C23H36N2O3S. The Kier molecular flexibility index (Phi) is 15.5. The summed E-state index contributed by atoms with van der Waals surface area (Å²) in [6.45, 7) is 8.73. The van der Waals surface area contributed by atoms with Crippen LogP contribution in [-0.4, -0.2) is 38.0 Å². The van der Waals surface area contributed by atoms with Crippen molar-refractivity contribution in [3.05, 3.63) is 51.9 Å². The molecular weight excluding hydrogens is 384 g/mol. The Morgan fingerprint density at radius 1 is 1.14 bits per heavy atom. The Bertz CT molecular complexity index is 687. The van der Waals surface area contributed by atoms with Gasteiger partial charge in [0.2, 0.25) is 0 Å². The molecule has 0 aliphatic heterocycles. The van der Waals surface area contributed by atoms with Crippen molar-refractivity contribution >= 4 is 29.0 Å². The average molecular weight is 421 g/mol. The molecule has 0 atom stereocenters. The standard InChI is InChI=1S/C13H20N2O2S.C7H8.C2H6.CH2O/c1-14-13-11(12(17)15-7-4-8-16)9-5-2-3-6-10(9)18-13;1-7-5-3-2-4-6-7;2*1-2/h14,16H,2-8H2,1H3,(H,15,17);2-6H,1H3;1-2H3;1H2. The van der Waals surface area contributed by atoms with Gasteiger partial charge in [0.25, 0.3) is 5.91 Å². The van der Waals surface area contributed by atoms with Crippen LogP contribution in [0.3, 0.4) is 0 Å². The molecule has 1 aliphatic carbocycles. The Morgan fingerprint density at radius 3 is 2.28 bits per heavy atom. The fraction of sp³-hybridized carbons (Fsp3) is 0.478.